The Morgan fingerprint density at radius 2 is 2.04 bits per heavy atom. The fourth-order valence-corrected chi connectivity index (χ4v) is 2.76. The van der Waals surface area contributed by atoms with Gasteiger partial charge < -0.3 is 4.42 Å². The number of benzene rings is 1. The van der Waals surface area contributed by atoms with Gasteiger partial charge in [-0.2, -0.15) is 5.10 Å². The minimum atomic E-state index is 0.0298. The molecule has 0 aliphatic rings. The Morgan fingerprint density at radius 3 is 2.79 bits per heavy atom. The van der Waals surface area contributed by atoms with E-state index in [-0.39, 0.29) is 5.78 Å². The van der Waals surface area contributed by atoms with Crippen LogP contribution in [0.25, 0.3) is 33.6 Å². The molecule has 4 rings (SSSR count). The Labute approximate surface area is 138 Å². The van der Waals surface area contributed by atoms with Crippen molar-refractivity contribution in [1.29, 1.82) is 0 Å². The van der Waals surface area contributed by atoms with Crippen molar-refractivity contribution in [2.24, 2.45) is 7.05 Å². The van der Waals surface area contributed by atoms with Gasteiger partial charge in [0, 0.05) is 47.8 Å². The molecule has 5 heteroatoms. The predicted octanol–water partition coefficient (Wildman–Crippen LogP) is 4.10. The van der Waals surface area contributed by atoms with Crippen molar-refractivity contribution in [2.45, 2.75) is 6.92 Å². The van der Waals surface area contributed by atoms with E-state index >= 15 is 0 Å². The maximum absolute atomic E-state index is 11.6. The number of aryl methyl sites for hydroxylation is 1. The summed E-state index contributed by atoms with van der Waals surface area (Å²) < 4.78 is 7.82. The van der Waals surface area contributed by atoms with Gasteiger partial charge in [-0.05, 0) is 19.1 Å². The number of carbonyl (C=O) groups excluding carboxylic acids is 1. The number of hydrogen-bond donors (Lipinski definition) is 0. The monoisotopic (exact) mass is 317 g/mol. The van der Waals surface area contributed by atoms with E-state index < -0.39 is 0 Å². The van der Waals surface area contributed by atoms with E-state index in [1.807, 2.05) is 43.6 Å². The van der Waals surface area contributed by atoms with Crippen molar-refractivity contribution in [2.75, 3.05) is 0 Å². The zero-order valence-corrected chi connectivity index (χ0v) is 13.4. The van der Waals surface area contributed by atoms with Gasteiger partial charge in [0.1, 0.15) is 11.3 Å². The van der Waals surface area contributed by atoms with E-state index in [0.717, 1.165) is 22.2 Å². The normalized spacial score (nSPS) is 11.1. The van der Waals surface area contributed by atoms with E-state index in [9.17, 15) is 4.79 Å². The summed E-state index contributed by atoms with van der Waals surface area (Å²) in [4.78, 5) is 16.0. The Kier molecular flexibility index (Phi) is 3.27. The van der Waals surface area contributed by atoms with Gasteiger partial charge in [-0.3, -0.25) is 14.5 Å². The van der Waals surface area contributed by atoms with Crippen molar-refractivity contribution in [3.63, 3.8) is 0 Å². The highest BCUT2D eigenvalue weighted by molar-refractivity contribution is 5.96. The minimum Gasteiger partial charge on any atom is -0.454 e. The topological polar surface area (TPSA) is 60.9 Å². The zero-order valence-electron chi connectivity index (χ0n) is 13.4. The van der Waals surface area contributed by atoms with E-state index in [0.29, 0.717) is 16.9 Å². The molecule has 118 valence electrons. The SMILES string of the molecule is CC(=O)c1cccc(-c2cc3nccc(-c4cnn(C)c4)c3o2)c1. The van der Waals surface area contributed by atoms with Gasteiger partial charge in [-0.15, -0.1) is 0 Å². The quantitative estimate of drug-likeness (QED) is 0.534. The van der Waals surface area contributed by atoms with Crippen molar-refractivity contribution >= 4 is 16.9 Å². The van der Waals surface area contributed by atoms with Gasteiger partial charge in [0.05, 0.1) is 6.20 Å². The van der Waals surface area contributed by atoms with Crippen LogP contribution in [0.2, 0.25) is 0 Å². The lowest BCUT2D eigenvalue weighted by molar-refractivity contribution is 0.101. The largest absolute Gasteiger partial charge is 0.454 e. The molecule has 3 heterocycles. The second-order valence-electron chi connectivity index (χ2n) is 5.72. The van der Waals surface area contributed by atoms with Crippen LogP contribution in [0.5, 0.6) is 0 Å². The van der Waals surface area contributed by atoms with Gasteiger partial charge in [-0.25, -0.2) is 0 Å². The van der Waals surface area contributed by atoms with Gasteiger partial charge in [0.15, 0.2) is 11.4 Å². The molecular formula is C19H15N3O2. The standard InChI is InChI=1S/C19H15N3O2/c1-12(23)13-4-3-5-14(8-13)18-9-17-19(24-18)16(6-7-20-17)15-10-21-22(2)11-15/h3-11H,1-2H3. The Hall–Kier alpha value is -3.21. The molecule has 0 atom stereocenters. The summed E-state index contributed by atoms with van der Waals surface area (Å²) in [5.41, 5.74) is 4.94. The molecule has 1 aromatic carbocycles. The molecule has 0 aliphatic carbocycles. The number of carbonyl (C=O) groups is 1. The third-order valence-electron chi connectivity index (χ3n) is 3.98. The summed E-state index contributed by atoms with van der Waals surface area (Å²) in [6.45, 7) is 1.56. The van der Waals surface area contributed by atoms with Crippen LogP contribution in [0, 0.1) is 0 Å². The predicted molar refractivity (Wildman–Crippen MR) is 91.7 cm³/mol. The summed E-state index contributed by atoms with van der Waals surface area (Å²) in [6, 6.07) is 11.2. The molecule has 0 spiro atoms. The molecule has 4 aromatic rings. The van der Waals surface area contributed by atoms with Crippen molar-refractivity contribution in [1.82, 2.24) is 14.8 Å². The molecule has 0 fully saturated rings. The number of nitrogens with zero attached hydrogens (tertiary/aromatic N) is 3. The number of rotatable bonds is 3. The second-order valence-corrected chi connectivity index (χ2v) is 5.72. The lowest BCUT2D eigenvalue weighted by atomic mass is 10.1. The van der Waals surface area contributed by atoms with Gasteiger partial charge in [0.2, 0.25) is 0 Å². The van der Waals surface area contributed by atoms with Crippen LogP contribution in [0.15, 0.2) is 59.4 Å². The average Bonchev–Trinajstić information content (AvgIpc) is 3.20. The number of Topliss-reactive ketones (excluding diaryl/α,β-unsaturated/α-hetero) is 1. The number of pyridine rings is 1. The van der Waals surface area contributed by atoms with Crippen molar-refractivity contribution in [3.8, 4) is 22.5 Å². The average molecular weight is 317 g/mol. The number of fused-ring (bicyclic) bond motifs is 1. The molecule has 24 heavy (non-hydrogen) atoms. The first kappa shape index (κ1) is 14.4. The fraction of sp³-hybridized carbons (Fsp3) is 0.105. The van der Waals surface area contributed by atoms with E-state index in [1.165, 1.54) is 0 Å². The molecule has 0 saturated heterocycles. The fourth-order valence-electron chi connectivity index (χ4n) is 2.76. The third kappa shape index (κ3) is 2.40. The lowest BCUT2D eigenvalue weighted by Crippen LogP contribution is -1.91. The minimum absolute atomic E-state index is 0.0298. The molecular weight excluding hydrogens is 302 g/mol. The maximum atomic E-state index is 11.6. The van der Waals surface area contributed by atoms with Crippen molar-refractivity contribution < 1.29 is 9.21 Å². The Morgan fingerprint density at radius 1 is 1.17 bits per heavy atom. The van der Waals surface area contributed by atoms with Crippen LogP contribution in [0.1, 0.15) is 17.3 Å². The number of ketones is 1. The van der Waals surface area contributed by atoms with Crippen LogP contribution in [-0.4, -0.2) is 20.5 Å². The first-order chi connectivity index (χ1) is 11.6. The molecule has 0 bridgehead atoms. The second kappa shape index (κ2) is 5.45. The number of aromatic nitrogens is 3. The van der Waals surface area contributed by atoms with Crippen LogP contribution >= 0.6 is 0 Å². The molecule has 0 N–H and O–H groups in total. The van der Waals surface area contributed by atoms with Crippen LogP contribution in [0.4, 0.5) is 0 Å². The first-order valence-corrected chi connectivity index (χ1v) is 7.61. The van der Waals surface area contributed by atoms with Gasteiger partial charge >= 0.3 is 0 Å². The molecule has 0 amide bonds. The highest BCUT2D eigenvalue weighted by Gasteiger charge is 2.14. The number of furan rings is 1. The van der Waals surface area contributed by atoms with E-state index in [1.54, 1.807) is 30.1 Å². The molecule has 3 aromatic heterocycles. The highest BCUT2D eigenvalue weighted by Crippen LogP contribution is 2.33. The van der Waals surface area contributed by atoms with Crippen LogP contribution in [0.3, 0.4) is 0 Å². The van der Waals surface area contributed by atoms with E-state index in [2.05, 4.69) is 10.1 Å². The third-order valence-corrected chi connectivity index (χ3v) is 3.98. The maximum Gasteiger partial charge on any atom is 0.161 e. The summed E-state index contributed by atoms with van der Waals surface area (Å²) in [7, 11) is 1.88. The first-order valence-electron chi connectivity index (χ1n) is 7.61. The van der Waals surface area contributed by atoms with E-state index in [4.69, 9.17) is 4.42 Å². The summed E-state index contributed by atoms with van der Waals surface area (Å²) in [5.74, 6) is 0.721. The Bertz CT molecular complexity index is 1060. The smallest absolute Gasteiger partial charge is 0.161 e. The summed E-state index contributed by atoms with van der Waals surface area (Å²) in [6.07, 6.45) is 5.50. The number of hydrogen-bond acceptors (Lipinski definition) is 4. The zero-order chi connectivity index (χ0) is 16.7. The Balaban J connectivity index is 1.87. The highest BCUT2D eigenvalue weighted by atomic mass is 16.3. The molecule has 0 aliphatic heterocycles. The summed E-state index contributed by atoms with van der Waals surface area (Å²) in [5, 5.41) is 4.21. The van der Waals surface area contributed by atoms with Crippen LogP contribution < -0.4 is 0 Å². The van der Waals surface area contributed by atoms with Gasteiger partial charge in [0.25, 0.3) is 0 Å². The lowest BCUT2D eigenvalue weighted by Gasteiger charge is -2.00. The van der Waals surface area contributed by atoms with Crippen LogP contribution in [-0.2, 0) is 7.05 Å². The van der Waals surface area contributed by atoms with Crippen molar-refractivity contribution in [3.05, 3.63) is 60.6 Å². The molecule has 0 unspecified atom stereocenters. The van der Waals surface area contributed by atoms with Gasteiger partial charge in [-0.1, -0.05) is 18.2 Å². The summed E-state index contributed by atoms with van der Waals surface area (Å²) >= 11 is 0. The molecule has 0 radical (unpaired) electrons. The molecule has 0 saturated carbocycles. The molecule has 5 nitrogen and oxygen atoms in total.